The predicted molar refractivity (Wildman–Crippen MR) is 198 cm³/mol. The summed E-state index contributed by atoms with van der Waals surface area (Å²) in [5, 5.41) is 6.90. The zero-order valence-corrected chi connectivity index (χ0v) is 26.1. The zero-order valence-electron chi connectivity index (χ0n) is 26.1. The van der Waals surface area contributed by atoms with Crippen molar-refractivity contribution >= 4 is 71.1 Å². The largest absolute Gasteiger partial charge is 0.456 e. The van der Waals surface area contributed by atoms with Crippen LogP contribution in [0.5, 0.6) is 0 Å². The van der Waals surface area contributed by atoms with Crippen molar-refractivity contribution in [3.05, 3.63) is 152 Å². The second-order valence-electron chi connectivity index (χ2n) is 12.5. The average Bonchev–Trinajstić information content (AvgIpc) is 3.67. The summed E-state index contributed by atoms with van der Waals surface area (Å²) in [7, 11) is 0. The molecule has 0 aliphatic rings. The molecule has 6 heteroatoms. The first-order valence-electron chi connectivity index (χ1n) is 16.4. The first kappa shape index (κ1) is 26.3. The number of fused-ring (bicyclic) bond motifs is 8. The molecule has 0 bridgehead atoms. The molecule has 0 saturated heterocycles. The monoisotopic (exact) mass is 627 g/mol. The third kappa shape index (κ3) is 3.74. The molecule has 6 nitrogen and oxygen atoms in total. The summed E-state index contributed by atoms with van der Waals surface area (Å²) in [5.74, 6) is 1.71. The highest BCUT2D eigenvalue weighted by Gasteiger charge is 2.21. The van der Waals surface area contributed by atoms with Crippen molar-refractivity contribution in [1.82, 2.24) is 23.9 Å². The van der Waals surface area contributed by atoms with E-state index in [0.717, 1.165) is 65.9 Å². The molecule has 0 N–H and O–H groups in total. The van der Waals surface area contributed by atoms with E-state index in [1.165, 1.54) is 16.3 Å². The number of rotatable bonds is 3. The fourth-order valence-electron chi connectivity index (χ4n) is 7.61. The Labute approximate surface area is 279 Å². The summed E-state index contributed by atoms with van der Waals surface area (Å²) >= 11 is 0. The molecular formula is C43H25N5O. The summed E-state index contributed by atoms with van der Waals surface area (Å²) in [6.07, 6.45) is 0. The molecule has 0 aliphatic carbocycles. The summed E-state index contributed by atoms with van der Waals surface area (Å²) in [4.78, 5) is 15.6. The van der Waals surface area contributed by atoms with Crippen LogP contribution >= 0.6 is 0 Å². The molecule has 11 aromatic rings. The van der Waals surface area contributed by atoms with Gasteiger partial charge in [-0.15, -0.1) is 0 Å². The van der Waals surface area contributed by atoms with E-state index in [1.54, 1.807) is 0 Å². The van der Waals surface area contributed by atoms with Crippen LogP contribution in [0.1, 0.15) is 0 Å². The highest BCUT2D eigenvalue weighted by Crippen LogP contribution is 2.40. The Kier molecular flexibility index (Phi) is 5.29. The van der Waals surface area contributed by atoms with Gasteiger partial charge in [0.2, 0.25) is 5.95 Å². The maximum Gasteiger partial charge on any atom is 0.238 e. The minimum atomic E-state index is 0.542. The number of hydrogen-bond donors (Lipinski definition) is 0. The zero-order chi connectivity index (χ0) is 32.1. The SMILES string of the molecule is c1ccc(-c2nc(-c3ccc4c(c3)oc3ccccc34)nc(-n3c4cccc5ccc6c7ccccc7n(c7ccccc73)c6c54)n2)cc1. The van der Waals surface area contributed by atoms with E-state index in [0.29, 0.717) is 17.6 Å². The van der Waals surface area contributed by atoms with Gasteiger partial charge in [-0.2, -0.15) is 9.97 Å². The normalized spacial score (nSPS) is 12.1. The van der Waals surface area contributed by atoms with Crippen molar-refractivity contribution in [3.8, 4) is 28.7 Å². The second-order valence-corrected chi connectivity index (χ2v) is 12.5. The summed E-state index contributed by atoms with van der Waals surface area (Å²) in [6, 6.07) is 52.6. The summed E-state index contributed by atoms with van der Waals surface area (Å²) < 4.78 is 10.9. The number of aromatic nitrogens is 5. The van der Waals surface area contributed by atoms with Gasteiger partial charge in [-0.05, 0) is 47.9 Å². The van der Waals surface area contributed by atoms with Crippen LogP contribution in [0.3, 0.4) is 0 Å². The average molecular weight is 628 g/mol. The fourth-order valence-corrected chi connectivity index (χ4v) is 7.61. The lowest BCUT2D eigenvalue weighted by Gasteiger charge is -2.13. The molecular weight excluding hydrogens is 603 g/mol. The first-order chi connectivity index (χ1) is 24.3. The minimum Gasteiger partial charge on any atom is -0.456 e. The molecule has 49 heavy (non-hydrogen) atoms. The van der Waals surface area contributed by atoms with Gasteiger partial charge in [-0.3, -0.25) is 4.57 Å². The molecule has 0 fully saturated rings. The van der Waals surface area contributed by atoms with Crippen LogP contribution < -0.4 is 0 Å². The first-order valence-corrected chi connectivity index (χ1v) is 16.4. The van der Waals surface area contributed by atoms with Crippen LogP contribution in [0.25, 0.3) is 99.8 Å². The van der Waals surface area contributed by atoms with E-state index in [-0.39, 0.29) is 0 Å². The van der Waals surface area contributed by atoms with E-state index in [9.17, 15) is 0 Å². The van der Waals surface area contributed by atoms with E-state index < -0.39 is 0 Å². The molecule has 228 valence electrons. The van der Waals surface area contributed by atoms with Gasteiger partial charge in [0.15, 0.2) is 11.6 Å². The number of furan rings is 1. The van der Waals surface area contributed by atoms with Gasteiger partial charge in [-0.25, -0.2) is 4.98 Å². The van der Waals surface area contributed by atoms with Crippen LogP contribution in [0, 0.1) is 0 Å². The van der Waals surface area contributed by atoms with Crippen molar-refractivity contribution in [3.63, 3.8) is 0 Å². The Morgan fingerprint density at radius 3 is 1.98 bits per heavy atom. The van der Waals surface area contributed by atoms with Gasteiger partial charge in [0.25, 0.3) is 0 Å². The quantitative estimate of drug-likeness (QED) is 0.196. The minimum absolute atomic E-state index is 0.542. The highest BCUT2D eigenvalue weighted by atomic mass is 16.3. The molecule has 11 rings (SSSR count). The number of benzene rings is 7. The number of nitrogens with zero attached hydrogens (tertiary/aromatic N) is 5. The molecule has 0 saturated carbocycles. The standard InChI is InChI=1S/C43H25N5O/c1-2-11-27(12-3-1)41-44-42(28-22-23-31-30-15-5-9-20-37(30)49-38(31)25-28)46-43(45-41)48-35-18-8-7-17-34(35)47-33-16-6-4-14-29(33)32-24-21-26-13-10-19-36(48)39(26)40(32)47/h1-25H. The van der Waals surface area contributed by atoms with Gasteiger partial charge in [0, 0.05) is 38.1 Å². The fraction of sp³-hybridized carbons (Fsp3) is 0. The molecule has 4 heterocycles. The van der Waals surface area contributed by atoms with Gasteiger partial charge >= 0.3 is 0 Å². The Bertz CT molecular complexity index is 3100. The third-order valence-corrected chi connectivity index (χ3v) is 9.75. The lowest BCUT2D eigenvalue weighted by Crippen LogP contribution is -2.07. The predicted octanol–water partition coefficient (Wildman–Crippen LogP) is 10.8. The van der Waals surface area contributed by atoms with E-state index in [4.69, 9.17) is 19.4 Å². The molecule has 7 aromatic carbocycles. The van der Waals surface area contributed by atoms with Crippen LogP contribution in [-0.4, -0.2) is 23.9 Å². The Morgan fingerprint density at radius 2 is 1.10 bits per heavy atom. The molecule has 0 spiro atoms. The molecule has 0 aliphatic heterocycles. The molecule has 0 atom stereocenters. The molecule has 4 aromatic heterocycles. The van der Waals surface area contributed by atoms with E-state index in [1.807, 2.05) is 54.6 Å². The van der Waals surface area contributed by atoms with Gasteiger partial charge in [-0.1, -0.05) is 109 Å². The highest BCUT2D eigenvalue weighted by molar-refractivity contribution is 6.23. The summed E-state index contributed by atoms with van der Waals surface area (Å²) in [6.45, 7) is 0. The van der Waals surface area contributed by atoms with Crippen LogP contribution in [-0.2, 0) is 0 Å². The number of hydrogen-bond acceptors (Lipinski definition) is 4. The van der Waals surface area contributed by atoms with Crippen molar-refractivity contribution in [2.75, 3.05) is 0 Å². The third-order valence-electron chi connectivity index (χ3n) is 9.75. The van der Waals surface area contributed by atoms with E-state index >= 15 is 0 Å². The van der Waals surface area contributed by atoms with Gasteiger partial charge in [0.1, 0.15) is 11.2 Å². The Balaban J connectivity index is 1.29. The van der Waals surface area contributed by atoms with E-state index in [2.05, 4.69) is 106 Å². The number of para-hydroxylation sites is 4. The van der Waals surface area contributed by atoms with Crippen molar-refractivity contribution in [2.45, 2.75) is 0 Å². The van der Waals surface area contributed by atoms with Gasteiger partial charge < -0.3 is 8.82 Å². The van der Waals surface area contributed by atoms with Crippen LogP contribution in [0.2, 0.25) is 0 Å². The molecule has 0 unspecified atom stereocenters. The van der Waals surface area contributed by atoms with Crippen molar-refractivity contribution in [1.29, 1.82) is 0 Å². The van der Waals surface area contributed by atoms with Crippen LogP contribution in [0.15, 0.2) is 156 Å². The maximum absolute atomic E-state index is 6.29. The van der Waals surface area contributed by atoms with Crippen molar-refractivity contribution in [2.24, 2.45) is 0 Å². The second kappa shape index (κ2) is 9.86. The lowest BCUT2D eigenvalue weighted by molar-refractivity contribution is 0.669. The lowest BCUT2D eigenvalue weighted by atomic mass is 10.0. The molecule has 0 radical (unpaired) electrons. The smallest absolute Gasteiger partial charge is 0.238 e. The van der Waals surface area contributed by atoms with Crippen molar-refractivity contribution < 1.29 is 4.42 Å². The Hall–Kier alpha value is -6.79. The topological polar surface area (TPSA) is 61.2 Å². The maximum atomic E-state index is 6.29. The summed E-state index contributed by atoms with van der Waals surface area (Å²) in [5.41, 5.74) is 8.82. The van der Waals surface area contributed by atoms with Crippen LogP contribution in [0.4, 0.5) is 0 Å². The Morgan fingerprint density at radius 1 is 0.429 bits per heavy atom. The van der Waals surface area contributed by atoms with Gasteiger partial charge in [0.05, 0.1) is 27.6 Å². The molecule has 0 amide bonds.